The van der Waals surface area contributed by atoms with Gasteiger partial charge in [0.05, 0.1) is 18.2 Å². The first kappa shape index (κ1) is 16.1. The van der Waals surface area contributed by atoms with Crippen LogP contribution in [0.1, 0.15) is 32.7 Å². The van der Waals surface area contributed by atoms with Crippen molar-refractivity contribution in [1.82, 2.24) is 0 Å². The molecule has 0 saturated carbocycles. The number of esters is 1. The van der Waals surface area contributed by atoms with E-state index in [4.69, 9.17) is 4.74 Å². The van der Waals surface area contributed by atoms with Crippen LogP contribution in [-0.4, -0.2) is 25.5 Å². The highest BCUT2D eigenvalue weighted by molar-refractivity contribution is 6.08. The maximum Gasteiger partial charge on any atom is 0.338 e. The van der Waals surface area contributed by atoms with Crippen molar-refractivity contribution in [3.05, 3.63) is 64.7 Å². The van der Waals surface area contributed by atoms with Crippen LogP contribution in [0.15, 0.2) is 36.4 Å². The maximum atomic E-state index is 13.9. The number of rotatable bonds is 2. The van der Waals surface area contributed by atoms with E-state index in [1.54, 1.807) is 18.2 Å². The third-order valence-corrected chi connectivity index (χ3v) is 4.06. The molecule has 0 atom stereocenters. The minimum absolute atomic E-state index is 0.327. The number of hydrogen-bond acceptors (Lipinski definition) is 3. The van der Waals surface area contributed by atoms with Crippen molar-refractivity contribution >= 4 is 17.6 Å². The smallest absolute Gasteiger partial charge is 0.338 e. The molecule has 1 aliphatic rings. The zero-order valence-corrected chi connectivity index (χ0v) is 13.0. The number of halogens is 2. The Kier molecular flexibility index (Phi) is 4.29. The van der Waals surface area contributed by atoms with Gasteiger partial charge in [0.15, 0.2) is 0 Å². The van der Waals surface area contributed by atoms with Crippen molar-refractivity contribution in [2.45, 2.75) is 12.8 Å². The fourth-order valence-electron chi connectivity index (χ4n) is 2.94. The normalized spacial score (nSPS) is 13.4. The number of fused-ring (bicyclic) bond motifs is 1. The van der Waals surface area contributed by atoms with Crippen molar-refractivity contribution in [2.75, 3.05) is 18.6 Å². The molecule has 6 heteroatoms. The van der Waals surface area contributed by atoms with Crippen LogP contribution >= 0.6 is 0 Å². The molecule has 0 aromatic heterocycles. The van der Waals surface area contributed by atoms with Gasteiger partial charge in [0, 0.05) is 12.2 Å². The zero-order chi connectivity index (χ0) is 17.3. The van der Waals surface area contributed by atoms with E-state index in [9.17, 15) is 18.4 Å². The quantitative estimate of drug-likeness (QED) is 0.793. The van der Waals surface area contributed by atoms with Crippen molar-refractivity contribution in [3.8, 4) is 0 Å². The number of ether oxygens (including phenoxy) is 1. The Balaban J connectivity index is 2.05. The summed E-state index contributed by atoms with van der Waals surface area (Å²) in [6.45, 7) is 0.367. The van der Waals surface area contributed by atoms with E-state index in [0.717, 1.165) is 18.2 Å². The highest BCUT2D eigenvalue weighted by Crippen LogP contribution is 2.31. The van der Waals surface area contributed by atoms with Crippen LogP contribution in [0.2, 0.25) is 0 Å². The number of amides is 1. The van der Waals surface area contributed by atoms with Gasteiger partial charge in [-0.2, -0.15) is 0 Å². The minimum atomic E-state index is -0.780. The number of benzene rings is 2. The summed E-state index contributed by atoms with van der Waals surface area (Å²) < 4.78 is 32.1. The lowest BCUT2D eigenvalue weighted by Crippen LogP contribution is -2.36. The van der Waals surface area contributed by atoms with Crippen LogP contribution in [0, 0.1) is 11.6 Å². The number of carbonyl (C=O) groups excluding carboxylic acids is 2. The van der Waals surface area contributed by atoms with E-state index >= 15 is 0 Å². The number of anilines is 1. The molecule has 0 aliphatic carbocycles. The van der Waals surface area contributed by atoms with Crippen LogP contribution in [0.4, 0.5) is 14.5 Å². The van der Waals surface area contributed by atoms with Gasteiger partial charge >= 0.3 is 5.97 Å². The van der Waals surface area contributed by atoms with Gasteiger partial charge < -0.3 is 9.64 Å². The second-order valence-electron chi connectivity index (χ2n) is 5.48. The molecule has 0 radical (unpaired) electrons. The first-order valence-electron chi connectivity index (χ1n) is 7.50. The van der Waals surface area contributed by atoms with Gasteiger partial charge in [0.25, 0.3) is 5.91 Å². The standard InChI is InChI=1S/C18H15F2NO3/c1-24-18(23)13-4-2-6-16-12(13)5-3-9-21(16)17(22)14-10-11(19)7-8-15(14)20/h2,4,6-8,10H,3,5,9H2,1H3. The van der Waals surface area contributed by atoms with Gasteiger partial charge in [-0.25, -0.2) is 13.6 Å². The third-order valence-electron chi connectivity index (χ3n) is 4.06. The lowest BCUT2D eigenvalue weighted by molar-refractivity contribution is 0.0599. The largest absolute Gasteiger partial charge is 0.465 e. The van der Waals surface area contributed by atoms with Gasteiger partial charge in [-0.3, -0.25) is 4.79 Å². The minimum Gasteiger partial charge on any atom is -0.465 e. The molecule has 2 aromatic rings. The second kappa shape index (κ2) is 6.39. The Hall–Kier alpha value is -2.76. The average Bonchev–Trinajstić information content (AvgIpc) is 2.61. The first-order chi connectivity index (χ1) is 11.5. The molecule has 0 bridgehead atoms. The van der Waals surface area contributed by atoms with Gasteiger partial charge in [-0.05, 0) is 48.7 Å². The molecule has 4 nitrogen and oxygen atoms in total. The van der Waals surface area contributed by atoms with Crippen molar-refractivity contribution in [2.24, 2.45) is 0 Å². The molecule has 124 valence electrons. The monoisotopic (exact) mass is 331 g/mol. The molecule has 1 amide bonds. The number of carbonyl (C=O) groups is 2. The van der Waals surface area contributed by atoms with E-state index in [0.29, 0.717) is 36.2 Å². The molecule has 0 unspecified atom stereocenters. The van der Waals surface area contributed by atoms with Crippen LogP contribution in [0.3, 0.4) is 0 Å². The summed E-state index contributed by atoms with van der Waals surface area (Å²) in [5.41, 5.74) is 1.26. The van der Waals surface area contributed by atoms with Crippen LogP contribution < -0.4 is 4.90 Å². The van der Waals surface area contributed by atoms with E-state index in [-0.39, 0.29) is 5.56 Å². The fourth-order valence-corrected chi connectivity index (χ4v) is 2.94. The molecular formula is C18H15F2NO3. The second-order valence-corrected chi connectivity index (χ2v) is 5.48. The Labute approximate surface area is 137 Å². The average molecular weight is 331 g/mol. The Morgan fingerprint density at radius 3 is 2.67 bits per heavy atom. The number of hydrogen-bond donors (Lipinski definition) is 0. The summed E-state index contributed by atoms with van der Waals surface area (Å²) in [6, 6.07) is 7.73. The molecule has 0 fully saturated rings. The number of methoxy groups -OCH3 is 1. The topological polar surface area (TPSA) is 46.6 Å². The fraction of sp³-hybridized carbons (Fsp3) is 0.222. The molecular weight excluding hydrogens is 316 g/mol. The summed E-state index contributed by atoms with van der Waals surface area (Å²) in [7, 11) is 1.29. The first-order valence-corrected chi connectivity index (χ1v) is 7.50. The lowest BCUT2D eigenvalue weighted by atomic mass is 9.95. The van der Waals surface area contributed by atoms with Crippen LogP contribution in [0.5, 0.6) is 0 Å². The predicted molar refractivity (Wildman–Crippen MR) is 84.1 cm³/mol. The van der Waals surface area contributed by atoms with Gasteiger partial charge in [0.2, 0.25) is 0 Å². The Morgan fingerprint density at radius 2 is 1.92 bits per heavy atom. The molecule has 3 rings (SSSR count). The highest BCUT2D eigenvalue weighted by Gasteiger charge is 2.28. The summed E-state index contributed by atoms with van der Waals surface area (Å²) >= 11 is 0. The van der Waals surface area contributed by atoms with Crippen molar-refractivity contribution < 1.29 is 23.1 Å². The molecule has 0 saturated heterocycles. The summed E-state index contributed by atoms with van der Waals surface area (Å²) in [6.07, 6.45) is 1.22. The summed E-state index contributed by atoms with van der Waals surface area (Å²) in [4.78, 5) is 26.0. The molecule has 0 spiro atoms. The summed E-state index contributed by atoms with van der Waals surface area (Å²) in [5.74, 6) is -2.58. The molecule has 0 N–H and O–H groups in total. The van der Waals surface area contributed by atoms with Crippen molar-refractivity contribution in [1.29, 1.82) is 0 Å². The lowest BCUT2D eigenvalue weighted by Gasteiger charge is -2.30. The van der Waals surface area contributed by atoms with Crippen LogP contribution in [0.25, 0.3) is 0 Å². The zero-order valence-electron chi connectivity index (χ0n) is 13.0. The van der Waals surface area contributed by atoms with E-state index in [1.165, 1.54) is 12.0 Å². The Morgan fingerprint density at radius 1 is 1.12 bits per heavy atom. The summed E-state index contributed by atoms with van der Waals surface area (Å²) in [5, 5.41) is 0. The van der Waals surface area contributed by atoms with Gasteiger partial charge in [0.1, 0.15) is 11.6 Å². The maximum absolute atomic E-state index is 13.9. The molecule has 1 aliphatic heterocycles. The highest BCUT2D eigenvalue weighted by atomic mass is 19.1. The van der Waals surface area contributed by atoms with E-state index in [2.05, 4.69) is 0 Å². The van der Waals surface area contributed by atoms with Crippen molar-refractivity contribution in [3.63, 3.8) is 0 Å². The molecule has 2 aromatic carbocycles. The molecule has 1 heterocycles. The van der Waals surface area contributed by atoms with Gasteiger partial charge in [-0.1, -0.05) is 6.07 Å². The van der Waals surface area contributed by atoms with E-state index < -0.39 is 23.5 Å². The predicted octanol–water partition coefficient (Wildman–Crippen LogP) is 3.34. The SMILES string of the molecule is COC(=O)c1cccc2c1CCCN2C(=O)c1cc(F)ccc1F. The third kappa shape index (κ3) is 2.75. The van der Waals surface area contributed by atoms with Gasteiger partial charge in [-0.15, -0.1) is 0 Å². The van der Waals surface area contributed by atoms with E-state index in [1.807, 2.05) is 0 Å². The Bertz CT molecular complexity index is 820. The number of nitrogens with zero attached hydrogens (tertiary/aromatic N) is 1. The molecule has 24 heavy (non-hydrogen) atoms. The van der Waals surface area contributed by atoms with Crippen LogP contribution in [-0.2, 0) is 11.2 Å².